The second-order valence-electron chi connectivity index (χ2n) is 8.68. The summed E-state index contributed by atoms with van der Waals surface area (Å²) in [4.78, 5) is 12.5. The van der Waals surface area contributed by atoms with Gasteiger partial charge in [-0.25, -0.2) is 5.43 Å². The number of amides is 1. The van der Waals surface area contributed by atoms with Crippen molar-refractivity contribution in [3.8, 4) is 11.5 Å². The van der Waals surface area contributed by atoms with E-state index in [2.05, 4.69) is 15.3 Å². The highest BCUT2D eigenvalue weighted by Gasteiger charge is 2.51. The Balaban J connectivity index is 1.35. The fraction of sp³-hybridized carbons (Fsp3) is 0.619. The number of alkyl halides is 2. The SMILES string of the molecule is COc1ccc(/C=N\NC(=O)CC23CC4CC(CC(C4)C2)C3)cc1OC(F)F. The largest absolute Gasteiger partial charge is 0.493 e. The van der Waals surface area contributed by atoms with Gasteiger partial charge in [-0.05, 0) is 85.5 Å². The number of hydrazone groups is 1. The molecule has 1 aromatic carbocycles. The van der Waals surface area contributed by atoms with Gasteiger partial charge in [0.2, 0.25) is 5.91 Å². The van der Waals surface area contributed by atoms with E-state index in [1.165, 1.54) is 64.0 Å². The van der Waals surface area contributed by atoms with E-state index < -0.39 is 6.61 Å². The van der Waals surface area contributed by atoms with Crippen LogP contribution in [0.4, 0.5) is 8.78 Å². The third kappa shape index (κ3) is 4.13. The molecule has 4 aliphatic carbocycles. The minimum absolute atomic E-state index is 0.0682. The molecule has 0 spiro atoms. The average Bonchev–Trinajstić information content (AvgIpc) is 2.59. The summed E-state index contributed by atoms with van der Waals surface area (Å²) in [5.74, 6) is 2.47. The number of nitrogens with zero attached hydrogens (tertiary/aromatic N) is 1. The van der Waals surface area contributed by atoms with Gasteiger partial charge in [-0.1, -0.05) is 0 Å². The average molecular weight is 392 g/mol. The van der Waals surface area contributed by atoms with E-state index in [4.69, 9.17) is 4.74 Å². The molecule has 1 aromatic rings. The molecule has 1 N–H and O–H groups in total. The van der Waals surface area contributed by atoms with Crippen molar-refractivity contribution in [3.63, 3.8) is 0 Å². The Bertz CT molecular complexity index is 731. The molecule has 5 nitrogen and oxygen atoms in total. The summed E-state index contributed by atoms with van der Waals surface area (Å²) in [6.45, 7) is -2.94. The number of methoxy groups -OCH3 is 1. The predicted molar refractivity (Wildman–Crippen MR) is 101 cm³/mol. The third-order valence-corrected chi connectivity index (χ3v) is 6.51. The van der Waals surface area contributed by atoms with Crippen molar-refractivity contribution < 1.29 is 23.0 Å². The first-order valence-electron chi connectivity index (χ1n) is 9.89. The molecule has 152 valence electrons. The van der Waals surface area contributed by atoms with Crippen LogP contribution in [0, 0.1) is 23.2 Å². The lowest BCUT2D eigenvalue weighted by atomic mass is 9.49. The molecule has 0 aromatic heterocycles. The van der Waals surface area contributed by atoms with Crippen LogP contribution in [0.2, 0.25) is 0 Å². The smallest absolute Gasteiger partial charge is 0.387 e. The van der Waals surface area contributed by atoms with E-state index in [1.807, 2.05) is 0 Å². The molecule has 4 saturated carbocycles. The van der Waals surface area contributed by atoms with Gasteiger partial charge < -0.3 is 9.47 Å². The summed E-state index contributed by atoms with van der Waals surface area (Å²) in [5.41, 5.74) is 3.30. The highest BCUT2D eigenvalue weighted by atomic mass is 19.3. The number of hydrogen-bond donors (Lipinski definition) is 1. The summed E-state index contributed by atoms with van der Waals surface area (Å²) in [6, 6.07) is 4.59. The first kappa shape index (κ1) is 19.2. The topological polar surface area (TPSA) is 59.9 Å². The lowest BCUT2D eigenvalue weighted by Gasteiger charge is -2.56. The molecule has 1 amide bonds. The Labute approximate surface area is 163 Å². The van der Waals surface area contributed by atoms with E-state index in [9.17, 15) is 13.6 Å². The molecule has 4 aliphatic rings. The van der Waals surface area contributed by atoms with Gasteiger partial charge in [-0.3, -0.25) is 4.79 Å². The minimum Gasteiger partial charge on any atom is -0.493 e. The van der Waals surface area contributed by atoms with Crippen LogP contribution in [-0.2, 0) is 4.79 Å². The number of benzene rings is 1. The first-order chi connectivity index (χ1) is 13.4. The van der Waals surface area contributed by atoms with Crippen molar-refractivity contribution in [2.75, 3.05) is 7.11 Å². The molecule has 7 heteroatoms. The van der Waals surface area contributed by atoms with Gasteiger partial charge in [-0.15, -0.1) is 0 Å². The van der Waals surface area contributed by atoms with Crippen LogP contribution < -0.4 is 14.9 Å². The fourth-order valence-corrected chi connectivity index (χ4v) is 6.03. The fourth-order valence-electron chi connectivity index (χ4n) is 6.03. The van der Waals surface area contributed by atoms with Crippen molar-refractivity contribution in [2.45, 2.75) is 51.6 Å². The van der Waals surface area contributed by atoms with Crippen LogP contribution in [0.1, 0.15) is 50.5 Å². The predicted octanol–water partition coefficient (Wildman–Crippen LogP) is 4.35. The Morgan fingerprint density at radius 3 is 2.43 bits per heavy atom. The highest BCUT2D eigenvalue weighted by Crippen LogP contribution is 2.61. The molecular formula is C21H26F2N2O3. The molecule has 5 rings (SSSR count). The maximum absolute atomic E-state index is 12.5. The van der Waals surface area contributed by atoms with Crippen molar-refractivity contribution in [2.24, 2.45) is 28.3 Å². The zero-order valence-electron chi connectivity index (χ0n) is 16.0. The van der Waals surface area contributed by atoms with Crippen LogP contribution in [-0.4, -0.2) is 25.8 Å². The Morgan fingerprint density at radius 2 is 1.86 bits per heavy atom. The van der Waals surface area contributed by atoms with Gasteiger partial charge >= 0.3 is 6.61 Å². The lowest BCUT2D eigenvalue weighted by Crippen LogP contribution is -2.47. The molecule has 28 heavy (non-hydrogen) atoms. The van der Waals surface area contributed by atoms with Gasteiger partial charge in [-0.2, -0.15) is 13.9 Å². The van der Waals surface area contributed by atoms with Crippen molar-refractivity contribution in [1.82, 2.24) is 5.43 Å². The quantitative estimate of drug-likeness (QED) is 0.554. The van der Waals surface area contributed by atoms with E-state index in [1.54, 1.807) is 6.07 Å². The van der Waals surface area contributed by atoms with E-state index in [0.717, 1.165) is 17.8 Å². The van der Waals surface area contributed by atoms with Crippen molar-refractivity contribution in [1.29, 1.82) is 0 Å². The van der Waals surface area contributed by atoms with Crippen LogP contribution in [0.25, 0.3) is 0 Å². The Morgan fingerprint density at radius 1 is 1.21 bits per heavy atom. The first-order valence-corrected chi connectivity index (χ1v) is 9.89. The number of carbonyl (C=O) groups is 1. The molecule has 0 atom stereocenters. The van der Waals surface area contributed by atoms with E-state index >= 15 is 0 Å². The summed E-state index contributed by atoms with van der Waals surface area (Å²) in [5, 5.41) is 4.01. The highest BCUT2D eigenvalue weighted by molar-refractivity contribution is 5.83. The number of hydrogen-bond acceptors (Lipinski definition) is 4. The van der Waals surface area contributed by atoms with Crippen LogP contribution in [0.3, 0.4) is 0 Å². The summed E-state index contributed by atoms with van der Waals surface area (Å²) in [6.07, 6.45) is 9.50. The number of carbonyl (C=O) groups excluding carboxylic acids is 1. The van der Waals surface area contributed by atoms with Crippen molar-refractivity contribution in [3.05, 3.63) is 23.8 Å². The minimum atomic E-state index is -2.94. The zero-order valence-corrected chi connectivity index (χ0v) is 16.0. The monoisotopic (exact) mass is 392 g/mol. The molecular weight excluding hydrogens is 366 g/mol. The normalized spacial score (nSPS) is 30.8. The van der Waals surface area contributed by atoms with Gasteiger partial charge in [0.05, 0.1) is 13.3 Å². The van der Waals surface area contributed by atoms with Gasteiger partial charge in [0, 0.05) is 6.42 Å². The molecule has 0 heterocycles. The maximum atomic E-state index is 12.5. The van der Waals surface area contributed by atoms with Gasteiger partial charge in [0.1, 0.15) is 0 Å². The summed E-state index contributed by atoms with van der Waals surface area (Å²) < 4.78 is 34.5. The Kier molecular flexibility index (Phi) is 5.25. The second-order valence-corrected chi connectivity index (χ2v) is 8.68. The molecule has 0 radical (unpaired) electrons. The molecule has 4 fully saturated rings. The number of ether oxygens (including phenoxy) is 2. The van der Waals surface area contributed by atoms with Gasteiger partial charge in [0.25, 0.3) is 0 Å². The van der Waals surface area contributed by atoms with E-state index in [0.29, 0.717) is 12.0 Å². The summed E-state index contributed by atoms with van der Waals surface area (Å²) >= 11 is 0. The number of rotatable bonds is 7. The Hall–Kier alpha value is -2.18. The third-order valence-electron chi connectivity index (χ3n) is 6.51. The zero-order chi connectivity index (χ0) is 19.7. The van der Waals surface area contributed by atoms with Gasteiger partial charge in [0.15, 0.2) is 11.5 Å². The standard InChI is InChI=1S/C21H26F2N2O3/c1-27-17-3-2-13(7-18(17)28-20(22)23)12-24-25-19(26)11-21-8-14-4-15(9-21)6-16(5-14)10-21/h2-3,7,12,14-16,20H,4-6,8-11H2,1H3,(H,25,26)/b24-12-. The molecule has 0 saturated heterocycles. The summed E-state index contributed by atoms with van der Waals surface area (Å²) in [7, 11) is 1.38. The second kappa shape index (κ2) is 7.68. The van der Waals surface area contributed by atoms with E-state index in [-0.39, 0.29) is 22.8 Å². The van der Waals surface area contributed by atoms with Crippen LogP contribution in [0.15, 0.2) is 23.3 Å². The molecule has 0 unspecified atom stereocenters. The molecule has 0 aliphatic heterocycles. The lowest BCUT2D eigenvalue weighted by molar-refractivity contribution is -0.129. The number of nitrogens with one attached hydrogen (secondary N) is 1. The maximum Gasteiger partial charge on any atom is 0.387 e. The number of halogens is 2. The van der Waals surface area contributed by atoms with Crippen molar-refractivity contribution >= 4 is 12.1 Å². The molecule has 4 bridgehead atoms. The van der Waals surface area contributed by atoms with Crippen LogP contribution >= 0.6 is 0 Å². The van der Waals surface area contributed by atoms with Crippen LogP contribution in [0.5, 0.6) is 11.5 Å².